The third-order valence-electron chi connectivity index (χ3n) is 2.35. The Morgan fingerprint density at radius 1 is 1.39 bits per heavy atom. The molecule has 1 N–H and O–H groups in total. The Balaban J connectivity index is 1.92. The molecule has 1 aromatic heterocycles. The number of halogens is 3. The maximum atomic E-state index is 11.7. The zero-order chi connectivity index (χ0) is 13.4. The summed E-state index contributed by atoms with van der Waals surface area (Å²) in [5, 5.41) is 3.13. The van der Waals surface area contributed by atoms with Crippen molar-refractivity contribution in [2.24, 2.45) is 7.05 Å². The summed E-state index contributed by atoms with van der Waals surface area (Å²) in [7, 11) is 1.92. The van der Waals surface area contributed by atoms with Crippen LogP contribution in [0, 0.1) is 0 Å². The standard InChI is InChI=1S/C11H18F3N3O/c1-17-7-6-16-10(17)3-5-15-4-2-8-18-9-11(12,13)14/h6-7,15H,2-5,8-9H2,1H3. The van der Waals surface area contributed by atoms with Crippen LogP contribution in [0.25, 0.3) is 0 Å². The summed E-state index contributed by atoms with van der Waals surface area (Å²) in [5.41, 5.74) is 0. The SMILES string of the molecule is Cn1ccnc1CCNCCCOCC(F)(F)F. The Morgan fingerprint density at radius 3 is 2.78 bits per heavy atom. The van der Waals surface area contributed by atoms with Gasteiger partial charge in [-0.15, -0.1) is 0 Å². The molecule has 0 aliphatic rings. The van der Waals surface area contributed by atoms with E-state index in [4.69, 9.17) is 0 Å². The fourth-order valence-electron chi connectivity index (χ4n) is 1.45. The van der Waals surface area contributed by atoms with E-state index < -0.39 is 12.8 Å². The van der Waals surface area contributed by atoms with Gasteiger partial charge in [0.05, 0.1) is 0 Å². The molecule has 0 fully saturated rings. The maximum Gasteiger partial charge on any atom is 0.411 e. The summed E-state index contributed by atoms with van der Waals surface area (Å²) in [4.78, 5) is 4.16. The van der Waals surface area contributed by atoms with E-state index in [9.17, 15) is 13.2 Å². The molecule has 4 nitrogen and oxygen atoms in total. The van der Waals surface area contributed by atoms with Crippen LogP contribution in [0.2, 0.25) is 0 Å². The Kier molecular flexibility index (Phi) is 6.14. The first-order valence-corrected chi connectivity index (χ1v) is 5.80. The largest absolute Gasteiger partial charge is 0.411 e. The summed E-state index contributed by atoms with van der Waals surface area (Å²) in [6, 6.07) is 0. The van der Waals surface area contributed by atoms with Crippen LogP contribution < -0.4 is 5.32 Å². The van der Waals surface area contributed by atoms with Crippen molar-refractivity contribution >= 4 is 0 Å². The van der Waals surface area contributed by atoms with Gasteiger partial charge in [-0.05, 0) is 13.0 Å². The van der Waals surface area contributed by atoms with Crippen molar-refractivity contribution in [3.8, 4) is 0 Å². The van der Waals surface area contributed by atoms with E-state index in [1.807, 2.05) is 17.8 Å². The van der Waals surface area contributed by atoms with Gasteiger partial charge >= 0.3 is 6.18 Å². The number of nitrogens with one attached hydrogen (secondary N) is 1. The lowest BCUT2D eigenvalue weighted by Crippen LogP contribution is -2.22. The molecule has 104 valence electrons. The molecule has 0 aromatic carbocycles. The van der Waals surface area contributed by atoms with Crippen LogP contribution in [-0.4, -0.2) is 42.0 Å². The highest BCUT2D eigenvalue weighted by molar-refractivity contribution is 4.91. The molecule has 1 rings (SSSR count). The van der Waals surface area contributed by atoms with Gasteiger partial charge in [0.15, 0.2) is 0 Å². The van der Waals surface area contributed by atoms with E-state index in [2.05, 4.69) is 15.0 Å². The second-order valence-electron chi connectivity index (χ2n) is 3.98. The molecule has 0 bridgehead atoms. The zero-order valence-electron chi connectivity index (χ0n) is 10.3. The van der Waals surface area contributed by atoms with E-state index in [0.717, 1.165) is 18.8 Å². The van der Waals surface area contributed by atoms with E-state index in [1.165, 1.54) is 0 Å². The highest BCUT2D eigenvalue weighted by Crippen LogP contribution is 2.14. The van der Waals surface area contributed by atoms with Gasteiger partial charge in [0, 0.05) is 39.0 Å². The van der Waals surface area contributed by atoms with Gasteiger partial charge in [0.2, 0.25) is 0 Å². The van der Waals surface area contributed by atoms with Crippen molar-refractivity contribution in [2.75, 3.05) is 26.3 Å². The van der Waals surface area contributed by atoms with Gasteiger partial charge in [-0.25, -0.2) is 4.98 Å². The number of nitrogens with zero attached hydrogens (tertiary/aromatic N) is 2. The van der Waals surface area contributed by atoms with E-state index in [0.29, 0.717) is 13.0 Å². The van der Waals surface area contributed by atoms with Crippen LogP contribution in [0.5, 0.6) is 0 Å². The zero-order valence-corrected chi connectivity index (χ0v) is 10.3. The number of ether oxygens (including phenoxy) is 1. The minimum atomic E-state index is -4.23. The lowest BCUT2D eigenvalue weighted by molar-refractivity contribution is -0.173. The Labute approximate surface area is 104 Å². The molecule has 0 atom stereocenters. The molecule has 0 spiro atoms. The molecule has 0 saturated heterocycles. The quantitative estimate of drug-likeness (QED) is 0.724. The van der Waals surface area contributed by atoms with Crippen molar-refractivity contribution in [3.63, 3.8) is 0 Å². The molecule has 0 saturated carbocycles. The van der Waals surface area contributed by atoms with Gasteiger partial charge in [-0.3, -0.25) is 0 Å². The number of hydrogen-bond donors (Lipinski definition) is 1. The van der Waals surface area contributed by atoms with Crippen molar-refractivity contribution in [1.29, 1.82) is 0 Å². The number of aryl methyl sites for hydroxylation is 1. The number of aromatic nitrogens is 2. The van der Waals surface area contributed by atoms with E-state index in [-0.39, 0.29) is 6.61 Å². The second kappa shape index (κ2) is 7.38. The van der Waals surface area contributed by atoms with Gasteiger partial charge in [0.25, 0.3) is 0 Å². The Bertz CT molecular complexity index is 339. The molecule has 18 heavy (non-hydrogen) atoms. The van der Waals surface area contributed by atoms with Crippen LogP contribution >= 0.6 is 0 Å². The normalized spacial score (nSPS) is 12.0. The van der Waals surface area contributed by atoms with Gasteiger partial charge < -0.3 is 14.6 Å². The summed E-state index contributed by atoms with van der Waals surface area (Å²) in [6.07, 6.45) is 0.746. The van der Waals surface area contributed by atoms with Crippen LogP contribution in [-0.2, 0) is 18.2 Å². The van der Waals surface area contributed by atoms with Crippen LogP contribution in [0.15, 0.2) is 12.4 Å². The lowest BCUT2D eigenvalue weighted by atomic mass is 10.3. The van der Waals surface area contributed by atoms with Crippen LogP contribution in [0.3, 0.4) is 0 Å². The predicted octanol–water partition coefficient (Wildman–Crippen LogP) is 1.52. The first-order valence-electron chi connectivity index (χ1n) is 5.80. The fourth-order valence-corrected chi connectivity index (χ4v) is 1.45. The molecule has 0 amide bonds. The first-order chi connectivity index (χ1) is 8.49. The molecule has 7 heteroatoms. The van der Waals surface area contributed by atoms with Crippen LogP contribution in [0.1, 0.15) is 12.2 Å². The van der Waals surface area contributed by atoms with Gasteiger partial charge in [-0.1, -0.05) is 0 Å². The second-order valence-corrected chi connectivity index (χ2v) is 3.98. The highest BCUT2D eigenvalue weighted by atomic mass is 19.4. The highest BCUT2D eigenvalue weighted by Gasteiger charge is 2.27. The van der Waals surface area contributed by atoms with E-state index in [1.54, 1.807) is 6.20 Å². The summed E-state index contributed by atoms with van der Waals surface area (Å²) in [6.45, 7) is 0.349. The minimum absolute atomic E-state index is 0.120. The van der Waals surface area contributed by atoms with Crippen molar-refractivity contribution < 1.29 is 17.9 Å². The smallest absolute Gasteiger partial charge is 0.372 e. The molecule has 0 aliphatic carbocycles. The maximum absolute atomic E-state index is 11.7. The molecule has 0 radical (unpaired) electrons. The Morgan fingerprint density at radius 2 is 2.17 bits per heavy atom. The Hall–Kier alpha value is -1.08. The summed E-state index contributed by atoms with van der Waals surface area (Å²) >= 11 is 0. The summed E-state index contributed by atoms with van der Waals surface area (Å²) in [5.74, 6) is 0.982. The monoisotopic (exact) mass is 265 g/mol. The topological polar surface area (TPSA) is 39.1 Å². The molecule has 1 heterocycles. The van der Waals surface area contributed by atoms with Crippen molar-refractivity contribution in [2.45, 2.75) is 19.0 Å². The van der Waals surface area contributed by atoms with Crippen LogP contribution in [0.4, 0.5) is 13.2 Å². The average Bonchev–Trinajstić information content (AvgIpc) is 2.67. The van der Waals surface area contributed by atoms with Gasteiger partial charge in [-0.2, -0.15) is 13.2 Å². The number of rotatable bonds is 8. The average molecular weight is 265 g/mol. The van der Waals surface area contributed by atoms with E-state index >= 15 is 0 Å². The lowest BCUT2D eigenvalue weighted by Gasteiger charge is -2.08. The molecule has 0 unspecified atom stereocenters. The fraction of sp³-hybridized carbons (Fsp3) is 0.727. The number of imidazole rings is 1. The third kappa shape index (κ3) is 6.61. The first kappa shape index (κ1) is 15.0. The van der Waals surface area contributed by atoms with Gasteiger partial charge in [0.1, 0.15) is 12.4 Å². The van der Waals surface area contributed by atoms with Crippen molar-refractivity contribution in [1.82, 2.24) is 14.9 Å². The predicted molar refractivity (Wildman–Crippen MR) is 61.3 cm³/mol. The number of hydrogen-bond acceptors (Lipinski definition) is 3. The molecule has 0 aliphatic heterocycles. The number of alkyl halides is 3. The molecular formula is C11H18F3N3O. The molecular weight excluding hydrogens is 247 g/mol. The molecule has 1 aromatic rings. The third-order valence-corrected chi connectivity index (χ3v) is 2.35. The summed E-state index contributed by atoms with van der Waals surface area (Å²) < 4.78 is 41.6. The van der Waals surface area contributed by atoms with Crippen molar-refractivity contribution in [3.05, 3.63) is 18.2 Å². The minimum Gasteiger partial charge on any atom is -0.372 e.